The first-order valence-electron chi connectivity index (χ1n) is 10.0. The van der Waals surface area contributed by atoms with Crippen LogP contribution in [0.3, 0.4) is 0 Å². The molecule has 1 aromatic carbocycles. The summed E-state index contributed by atoms with van der Waals surface area (Å²) in [4.78, 5) is 0. The van der Waals surface area contributed by atoms with Crippen LogP contribution in [0.15, 0.2) is 16.6 Å². The predicted octanol–water partition coefficient (Wildman–Crippen LogP) is 4.83. The molecule has 6 heteroatoms. The van der Waals surface area contributed by atoms with Crippen molar-refractivity contribution in [1.82, 2.24) is 0 Å². The highest BCUT2D eigenvalue weighted by Gasteiger charge is 2.20. The normalized spacial score (nSPS) is 10.8. The molecular weight excluding hydrogens is 395 g/mol. The zero-order chi connectivity index (χ0) is 19.2. The third kappa shape index (κ3) is 9.29. The molecule has 0 atom stereocenters. The maximum atomic E-state index is 9.67. The smallest absolute Gasteiger partial charge is 0.492 e. The molecule has 1 aromatic rings. The molecule has 26 heavy (non-hydrogen) atoms. The average molecular weight is 429 g/mol. The molecule has 0 heterocycles. The van der Waals surface area contributed by atoms with Gasteiger partial charge in [-0.25, -0.2) is 0 Å². The molecule has 0 aliphatic carbocycles. The van der Waals surface area contributed by atoms with Gasteiger partial charge in [0.2, 0.25) is 0 Å². The fourth-order valence-electron chi connectivity index (χ4n) is 2.76. The van der Waals surface area contributed by atoms with Crippen LogP contribution in [0.5, 0.6) is 11.5 Å². The van der Waals surface area contributed by atoms with Gasteiger partial charge in [0.1, 0.15) is 11.5 Å². The van der Waals surface area contributed by atoms with Crippen LogP contribution in [0, 0.1) is 0 Å². The van der Waals surface area contributed by atoms with Gasteiger partial charge in [-0.05, 0) is 40.9 Å². The first-order chi connectivity index (χ1) is 12.6. The second-order valence-electron chi connectivity index (χ2n) is 6.72. The van der Waals surface area contributed by atoms with E-state index in [0.717, 1.165) is 30.2 Å². The topological polar surface area (TPSA) is 58.9 Å². The number of benzene rings is 1. The Hall–Kier alpha value is -0.715. The number of halogens is 1. The summed E-state index contributed by atoms with van der Waals surface area (Å²) >= 11 is 3.50. The van der Waals surface area contributed by atoms with E-state index in [1.165, 1.54) is 38.5 Å². The molecular formula is C20H34BBrO4. The van der Waals surface area contributed by atoms with Gasteiger partial charge in [-0.3, -0.25) is 0 Å². The van der Waals surface area contributed by atoms with Crippen molar-refractivity contribution in [2.75, 3.05) is 13.2 Å². The van der Waals surface area contributed by atoms with Crippen LogP contribution in [-0.4, -0.2) is 30.4 Å². The van der Waals surface area contributed by atoms with E-state index in [-0.39, 0.29) is 0 Å². The van der Waals surface area contributed by atoms with Gasteiger partial charge in [0, 0.05) is 5.46 Å². The minimum Gasteiger partial charge on any atom is -0.494 e. The van der Waals surface area contributed by atoms with E-state index < -0.39 is 7.12 Å². The van der Waals surface area contributed by atoms with Crippen molar-refractivity contribution in [1.29, 1.82) is 0 Å². The SMILES string of the molecule is CCCCCCCOc1cc(B(O)O)c(OCCCCCCC)cc1Br. The van der Waals surface area contributed by atoms with Crippen LogP contribution in [0.25, 0.3) is 0 Å². The van der Waals surface area contributed by atoms with Crippen molar-refractivity contribution in [3.8, 4) is 11.5 Å². The lowest BCUT2D eigenvalue weighted by Crippen LogP contribution is -2.32. The van der Waals surface area contributed by atoms with E-state index in [1.807, 2.05) is 0 Å². The standard InChI is InChI=1S/C20H34BBrO4/c1-3-5-7-9-11-13-25-19-16-18(22)20(15-17(19)21(23)24)26-14-12-10-8-6-4-2/h15-16,23-24H,3-14H2,1-2H3. The maximum absolute atomic E-state index is 9.67. The Balaban J connectivity index is 2.54. The third-order valence-corrected chi connectivity index (χ3v) is 4.97. The minimum atomic E-state index is -1.58. The van der Waals surface area contributed by atoms with Gasteiger partial charge in [0.25, 0.3) is 0 Å². The highest BCUT2D eigenvalue weighted by atomic mass is 79.9. The average Bonchev–Trinajstić information content (AvgIpc) is 2.62. The summed E-state index contributed by atoms with van der Waals surface area (Å²) in [5.74, 6) is 1.12. The summed E-state index contributed by atoms with van der Waals surface area (Å²) in [5.41, 5.74) is 0.350. The molecule has 0 unspecified atom stereocenters. The fraction of sp³-hybridized carbons (Fsp3) is 0.700. The highest BCUT2D eigenvalue weighted by molar-refractivity contribution is 9.10. The zero-order valence-electron chi connectivity index (χ0n) is 16.3. The Morgan fingerprint density at radius 3 is 1.77 bits per heavy atom. The van der Waals surface area contributed by atoms with Crippen molar-refractivity contribution in [2.24, 2.45) is 0 Å². The Morgan fingerprint density at radius 2 is 1.27 bits per heavy atom. The number of hydrogen-bond acceptors (Lipinski definition) is 4. The van der Waals surface area contributed by atoms with E-state index in [1.54, 1.807) is 12.1 Å². The fourth-order valence-corrected chi connectivity index (χ4v) is 3.20. The molecule has 148 valence electrons. The van der Waals surface area contributed by atoms with Crippen molar-refractivity contribution < 1.29 is 19.5 Å². The molecule has 1 rings (SSSR count). The van der Waals surface area contributed by atoms with Crippen LogP contribution in [0.1, 0.15) is 78.1 Å². The molecule has 0 bridgehead atoms. The molecule has 0 spiro atoms. The highest BCUT2D eigenvalue weighted by Crippen LogP contribution is 2.28. The first kappa shape index (κ1) is 23.3. The summed E-state index contributed by atoms with van der Waals surface area (Å²) in [6.45, 7) is 5.59. The quantitative estimate of drug-likeness (QED) is 0.310. The van der Waals surface area contributed by atoms with Crippen molar-refractivity contribution in [2.45, 2.75) is 78.1 Å². The van der Waals surface area contributed by atoms with Crippen LogP contribution in [0.2, 0.25) is 0 Å². The van der Waals surface area contributed by atoms with E-state index in [2.05, 4.69) is 29.8 Å². The molecule has 4 nitrogen and oxygen atoms in total. The molecule has 0 saturated heterocycles. The summed E-state index contributed by atoms with van der Waals surface area (Å²) in [6.07, 6.45) is 11.6. The van der Waals surface area contributed by atoms with Crippen LogP contribution < -0.4 is 14.9 Å². The van der Waals surface area contributed by atoms with Crippen LogP contribution in [0.4, 0.5) is 0 Å². The van der Waals surface area contributed by atoms with Gasteiger partial charge in [-0.2, -0.15) is 0 Å². The van der Waals surface area contributed by atoms with Gasteiger partial charge in [-0.1, -0.05) is 65.2 Å². The third-order valence-electron chi connectivity index (χ3n) is 4.35. The first-order valence-corrected chi connectivity index (χ1v) is 10.8. The summed E-state index contributed by atoms with van der Waals surface area (Å²) < 4.78 is 12.4. The van der Waals surface area contributed by atoms with Crippen molar-refractivity contribution in [3.05, 3.63) is 16.6 Å². The maximum Gasteiger partial charge on any atom is 0.492 e. The molecule has 0 amide bonds. The number of ether oxygens (including phenoxy) is 2. The molecule has 0 aliphatic heterocycles. The Kier molecular flexibility index (Phi) is 12.9. The Bertz CT molecular complexity index is 497. The minimum absolute atomic E-state index is 0.350. The lowest BCUT2D eigenvalue weighted by molar-refractivity contribution is 0.295. The zero-order valence-corrected chi connectivity index (χ0v) is 17.9. The predicted molar refractivity (Wildman–Crippen MR) is 112 cm³/mol. The number of rotatable bonds is 15. The molecule has 0 saturated carbocycles. The lowest BCUT2D eigenvalue weighted by Gasteiger charge is -2.15. The van der Waals surface area contributed by atoms with E-state index in [9.17, 15) is 10.0 Å². The van der Waals surface area contributed by atoms with E-state index in [4.69, 9.17) is 9.47 Å². The van der Waals surface area contributed by atoms with Gasteiger partial charge >= 0.3 is 7.12 Å². The summed E-state index contributed by atoms with van der Waals surface area (Å²) in [5, 5.41) is 19.3. The monoisotopic (exact) mass is 428 g/mol. The summed E-state index contributed by atoms with van der Waals surface area (Å²) in [7, 11) is -1.58. The van der Waals surface area contributed by atoms with Gasteiger partial charge in [0.05, 0.1) is 17.7 Å². The molecule has 0 aliphatic rings. The summed E-state index contributed by atoms with van der Waals surface area (Å²) in [6, 6.07) is 3.43. The van der Waals surface area contributed by atoms with E-state index >= 15 is 0 Å². The van der Waals surface area contributed by atoms with E-state index in [0.29, 0.717) is 30.2 Å². The molecule has 0 radical (unpaired) electrons. The molecule has 2 N–H and O–H groups in total. The second kappa shape index (κ2) is 14.4. The lowest BCUT2D eigenvalue weighted by atomic mass is 9.79. The number of unbranched alkanes of at least 4 members (excludes halogenated alkanes) is 8. The van der Waals surface area contributed by atoms with Gasteiger partial charge in [0.15, 0.2) is 0 Å². The largest absolute Gasteiger partial charge is 0.494 e. The van der Waals surface area contributed by atoms with Gasteiger partial charge < -0.3 is 19.5 Å². The molecule has 0 fully saturated rings. The number of hydrogen-bond donors (Lipinski definition) is 2. The Morgan fingerprint density at radius 1 is 0.769 bits per heavy atom. The van der Waals surface area contributed by atoms with Gasteiger partial charge in [-0.15, -0.1) is 0 Å². The van der Waals surface area contributed by atoms with Crippen molar-refractivity contribution in [3.63, 3.8) is 0 Å². The van der Waals surface area contributed by atoms with Crippen LogP contribution in [-0.2, 0) is 0 Å². The van der Waals surface area contributed by atoms with Crippen molar-refractivity contribution >= 4 is 28.5 Å². The molecule has 0 aromatic heterocycles. The van der Waals surface area contributed by atoms with Crippen LogP contribution >= 0.6 is 15.9 Å². The second-order valence-corrected chi connectivity index (χ2v) is 7.57. The Labute approximate surface area is 167 Å².